The Morgan fingerprint density at radius 3 is 2.79 bits per heavy atom. The second-order valence-electron chi connectivity index (χ2n) is 7.54. The molecule has 3 heterocycles. The van der Waals surface area contributed by atoms with Gasteiger partial charge in [-0.25, -0.2) is 23.4 Å². The van der Waals surface area contributed by atoms with E-state index in [1.165, 1.54) is 29.5 Å². The summed E-state index contributed by atoms with van der Waals surface area (Å²) in [5.74, 6) is -2.22. The van der Waals surface area contributed by atoms with Gasteiger partial charge >= 0.3 is 11.9 Å². The van der Waals surface area contributed by atoms with Crippen molar-refractivity contribution >= 4 is 45.0 Å². The molecule has 1 aromatic carbocycles. The van der Waals surface area contributed by atoms with Gasteiger partial charge in [-0.2, -0.15) is 0 Å². The number of hydrogen-bond donors (Lipinski definition) is 2. The van der Waals surface area contributed by atoms with Gasteiger partial charge in [0.1, 0.15) is 11.9 Å². The predicted molar refractivity (Wildman–Crippen MR) is 120 cm³/mol. The Morgan fingerprint density at radius 1 is 1.42 bits per heavy atom. The summed E-state index contributed by atoms with van der Waals surface area (Å²) in [4.78, 5) is 34.7. The lowest BCUT2D eigenvalue weighted by atomic mass is 9.93. The summed E-state index contributed by atoms with van der Waals surface area (Å²) in [6.07, 6.45) is 1.61. The largest absolute Gasteiger partial charge is 0.479 e. The Bertz CT molecular complexity index is 1150. The van der Waals surface area contributed by atoms with Crippen LogP contribution >= 0.6 is 27.3 Å². The second kappa shape index (κ2) is 9.27. The lowest BCUT2D eigenvalue weighted by Crippen LogP contribution is -2.64. The number of carboxylic acid groups (broad SMARTS) is 1. The van der Waals surface area contributed by atoms with E-state index < -0.39 is 29.5 Å². The van der Waals surface area contributed by atoms with Crippen molar-refractivity contribution in [1.82, 2.24) is 15.2 Å². The maximum Gasteiger partial charge on any atom is 0.344 e. The van der Waals surface area contributed by atoms with Gasteiger partial charge in [-0.15, -0.1) is 11.3 Å². The number of carboxylic acids is 1. The van der Waals surface area contributed by atoms with Crippen molar-refractivity contribution in [1.29, 1.82) is 0 Å². The van der Waals surface area contributed by atoms with E-state index in [1.807, 2.05) is 0 Å². The van der Waals surface area contributed by atoms with Crippen LogP contribution in [0.1, 0.15) is 23.5 Å². The first kappa shape index (κ1) is 23.5. The van der Waals surface area contributed by atoms with Crippen molar-refractivity contribution in [3.8, 4) is 0 Å². The molecule has 1 atom stereocenters. The Balaban J connectivity index is 1.77. The molecule has 0 spiro atoms. The van der Waals surface area contributed by atoms with Crippen LogP contribution in [-0.4, -0.2) is 64.7 Å². The van der Waals surface area contributed by atoms with Gasteiger partial charge in [0.25, 0.3) is 0 Å². The van der Waals surface area contributed by atoms with Gasteiger partial charge in [0.15, 0.2) is 10.8 Å². The number of alkyl halides is 1. The van der Waals surface area contributed by atoms with Gasteiger partial charge in [0.2, 0.25) is 5.67 Å². The van der Waals surface area contributed by atoms with Gasteiger partial charge in [-0.1, -0.05) is 22.0 Å². The lowest BCUT2D eigenvalue weighted by molar-refractivity contribution is -0.163. The number of hydrogen-bond acceptors (Lipinski definition) is 8. The highest BCUT2D eigenvalue weighted by Crippen LogP contribution is 2.37. The zero-order chi connectivity index (χ0) is 23.8. The van der Waals surface area contributed by atoms with Crippen LogP contribution in [0.4, 0.5) is 8.78 Å². The highest BCUT2D eigenvalue weighted by Gasteiger charge is 2.51. The number of thiazole rings is 1. The molecule has 2 aliphatic heterocycles. The molecular formula is C21H19BrF2N4O4S. The predicted octanol–water partition coefficient (Wildman–Crippen LogP) is 3.06. The summed E-state index contributed by atoms with van der Waals surface area (Å²) in [6.45, 7) is 1.21. The molecule has 0 radical (unpaired) electrons. The summed E-state index contributed by atoms with van der Waals surface area (Å²) in [5.41, 5.74) is -1.23. The van der Waals surface area contributed by atoms with E-state index in [9.17, 15) is 18.4 Å². The minimum Gasteiger partial charge on any atom is -0.479 e. The maximum absolute atomic E-state index is 14.3. The molecule has 1 fully saturated rings. The number of rotatable bonds is 7. The molecule has 0 bridgehead atoms. The Morgan fingerprint density at radius 2 is 2.18 bits per heavy atom. The number of halogens is 3. The van der Waals surface area contributed by atoms with Crippen LogP contribution < -0.4 is 5.32 Å². The number of carbonyl (C=O) groups excluding carboxylic acids is 1. The first-order chi connectivity index (χ1) is 15.7. The summed E-state index contributed by atoms with van der Waals surface area (Å²) >= 11 is 4.68. The van der Waals surface area contributed by atoms with E-state index in [1.54, 1.807) is 23.4 Å². The van der Waals surface area contributed by atoms with Crippen LogP contribution in [0.15, 0.2) is 50.5 Å². The molecule has 8 nitrogen and oxygen atoms in total. The second-order valence-corrected chi connectivity index (χ2v) is 9.29. The molecule has 0 saturated carbocycles. The zero-order valence-electron chi connectivity index (χ0n) is 17.3. The lowest BCUT2D eigenvalue weighted by Gasteiger charge is -2.42. The van der Waals surface area contributed by atoms with E-state index in [2.05, 4.69) is 31.2 Å². The van der Waals surface area contributed by atoms with Crippen molar-refractivity contribution in [2.45, 2.75) is 18.6 Å². The molecule has 2 aromatic rings. The van der Waals surface area contributed by atoms with E-state index in [0.717, 1.165) is 0 Å². The first-order valence-electron chi connectivity index (χ1n) is 9.96. The van der Waals surface area contributed by atoms with Crippen LogP contribution in [0.25, 0.3) is 0 Å². The third kappa shape index (κ3) is 4.68. The number of likely N-dealkylation sites (tertiary alicyclic amines) is 1. The fourth-order valence-corrected chi connectivity index (χ4v) is 4.86. The summed E-state index contributed by atoms with van der Waals surface area (Å²) in [7, 11) is 0. The highest BCUT2D eigenvalue weighted by molar-refractivity contribution is 9.10. The van der Waals surface area contributed by atoms with Crippen molar-refractivity contribution in [3.05, 3.63) is 61.9 Å². The number of nitrogens with zero attached hydrogens (tertiary/aromatic N) is 3. The van der Waals surface area contributed by atoms with Crippen molar-refractivity contribution < 1.29 is 28.2 Å². The van der Waals surface area contributed by atoms with Gasteiger partial charge in [0.05, 0.1) is 12.2 Å². The number of benzene rings is 1. The number of amidine groups is 1. The SMILES string of the molecule is CCOC(=O)C1=C(CN2CC(F)(C(=O)O)C2)NC(c2nccs2)=N[C@H]1c1ccc(F)cc1Br. The van der Waals surface area contributed by atoms with Crippen LogP contribution in [0.5, 0.6) is 0 Å². The third-order valence-electron chi connectivity index (χ3n) is 5.23. The normalized spacial score (nSPS) is 20.0. The van der Waals surface area contributed by atoms with E-state index in [0.29, 0.717) is 26.6 Å². The van der Waals surface area contributed by atoms with Gasteiger partial charge in [-0.05, 0) is 24.6 Å². The Hall–Kier alpha value is -2.70. The zero-order valence-corrected chi connectivity index (χ0v) is 19.8. The van der Waals surface area contributed by atoms with Crippen molar-refractivity contribution in [2.24, 2.45) is 4.99 Å². The van der Waals surface area contributed by atoms with Gasteiger partial charge < -0.3 is 15.2 Å². The summed E-state index contributed by atoms with van der Waals surface area (Å²) in [5, 5.41) is 14.5. The first-order valence-corrected chi connectivity index (χ1v) is 11.6. The number of aliphatic imine (C=N–C) groups is 1. The van der Waals surface area contributed by atoms with Crippen LogP contribution in [0, 0.1) is 5.82 Å². The topological polar surface area (TPSA) is 104 Å². The standard InChI is InChI=1S/C21H19BrF2N4O4S/c1-2-32-19(29)15-14(8-28-9-21(24,10-28)20(30)31)26-17(18-25-5-6-33-18)27-16(15)12-4-3-11(23)7-13(12)22/h3-7,16H,2,8-10H2,1H3,(H,26,27)(H,30,31)/t16-/m0/s1. The third-order valence-corrected chi connectivity index (χ3v) is 6.69. The molecule has 0 amide bonds. The van der Waals surface area contributed by atoms with Gasteiger partial charge in [0, 0.05) is 41.4 Å². The van der Waals surface area contributed by atoms with E-state index in [4.69, 9.17) is 9.84 Å². The molecule has 1 aromatic heterocycles. The molecule has 0 aliphatic carbocycles. The van der Waals surface area contributed by atoms with Crippen LogP contribution in [0.3, 0.4) is 0 Å². The van der Waals surface area contributed by atoms with E-state index >= 15 is 0 Å². The summed E-state index contributed by atoms with van der Waals surface area (Å²) < 4.78 is 33.7. The molecule has 2 aliphatic rings. The van der Waals surface area contributed by atoms with Gasteiger partial charge in [-0.3, -0.25) is 9.89 Å². The Kier molecular flexibility index (Phi) is 6.59. The number of esters is 1. The number of carbonyl (C=O) groups is 2. The monoisotopic (exact) mass is 540 g/mol. The number of aliphatic carboxylic acids is 1. The molecule has 12 heteroatoms. The minimum atomic E-state index is -2.33. The average Bonchev–Trinajstić information content (AvgIpc) is 3.27. The minimum absolute atomic E-state index is 0.0623. The van der Waals surface area contributed by atoms with E-state index in [-0.39, 0.29) is 31.8 Å². The molecule has 2 N–H and O–H groups in total. The van der Waals surface area contributed by atoms with Crippen LogP contribution in [-0.2, 0) is 14.3 Å². The maximum atomic E-state index is 14.3. The molecule has 33 heavy (non-hydrogen) atoms. The fraction of sp³-hybridized carbons (Fsp3) is 0.333. The average molecular weight is 541 g/mol. The highest BCUT2D eigenvalue weighted by atomic mass is 79.9. The summed E-state index contributed by atoms with van der Waals surface area (Å²) in [6, 6.07) is 3.21. The number of ether oxygens (including phenoxy) is 1. The fourth-order valence-electron chi connectivity index (χ4n) is 3.70. The molecule has 174 valence electrons. The quantitative estimate of drug-likeness (QED) is 0.520. The van der Waals surface area contributed by atoms with Crippen molar-refractivity contribution in [3.63, 3.8) is 0 Å². The molecule has 4 rings (SSSR count). The van der Waals surface area contributed by atoms with Crippen LogP contribution in [0.2, 0.25) is 0 Å². The Labute approximate surface area is 200 Å². The molecule has 1 saturated heterocycles. The smallest absolute Gasteiger partial charge is 0.344 e. The molecule has 0 unspecified atom stereocenters. The number of aromatic nitrogens is 1. The molecular weight excluding hydrogens is 522 g/mol. The van der Waals surface area contributed by atoms with Crippen molar-refractivity contribution in [2.75, 3.05) is 26.2 Å². The number of nitrogens with one attached hydrogen (secondary N) is 1.